The molecule has 10 rings (SSSR count). The van der Waals surface area contributed by atoms with Gasteiger partial charge in [-0.05, 0) is 117 Å². The summed E-state index contributed by atoms with van der Waals surface area (Å²) in [6.07, 6.45) is 0.411. The van der Waals surface area contributed by atoms with Crippen molar-refractivity contribution in [3.63, 3.8) is 0 Å². The lowest BCUT2D eigenvalue weighted by atomic mass is 9.77. The number of morpholine rings is 2. The van der Waals surface area contributed by atoms with Crippen molar-refractivity contribution in [1.82, 2.24) is 10.6 Å². The van der Waals surface area contributed by atoms with Gasteiger partial charge in [0.15, 0.2) is 5.78 Å². The van der Waals surface area contributed by atoms with Crippen LogP contribution in [-0.4, -0.2) is 81.4 Å². The molecule has 6 heterocycles. The second-order valence-electron chi connectivity index (χ2n) is 17.0. The highest BCUT2D eigenvalue weighted by Gasteiger charge is 2.48. The number of nitrogens with zero attached hydrogens (tertiary/aromatic N) is 2. The summed E-state index contributed by atoms with van der Waals surface area (Å²) >= 11 is 30.3. The number of ether oxygens (including phenoxy) is 3. The average Bonchev–Trinajstić information content (AvgIpc) is 4.14. The zero-order valence-electron chi connectivity index (χ0n) is 38.1. The SMILES string of the molecule is CC(=O)OC1=C(Sc2cc(Cl)ccc2Cl)C(=O)NC(c2ccc(N3CCOCC3)cc2)(c2ccsc2)C1.O=C1CC(c2ccc(N3CCOCC3)cc2)(c2ccsc2)NC(=O)C1Sc1cc(Cl)ccc1Cl. The first kappa shape index (κ1) is 51.4. The van der Waals surface area contributed by atoms with Crippen LogP contribution in [0.2, 0.25) is 20.1 Å². The fourth-order valence-electron chi connectivity index (χ4n) is 9.00. The highest BCUT2D eigenvalue weighted by atomic mass is 35.5. The van der Waals surface area contributed by atoms with Crippen LogP contribution in [0.1, 0.15) is 42.0 Å². The van der Waals surface area contributed by atoms with Gasteiger partial charge in [-0.1, -0.05) is 82.4 Å². The summed E-state index contributed by atoms with van der Waals surface area (Å²) in [7, 11) is 0. The maximum atomic E-state index is 13.7. The Morgan fingerprint density at radius 1 is 0.648 bits per heavy atom. The number of thiophene rings is 2. The third kappa shape index (κ3) is 11.5. The molecule has 2 N–H and O–H groups in total. The predicted octanol–water partition coefficient (Wildman–Crippen LogP) is 11.6. The summed E-state index contributed by atoms with van der Waals surface area (Å²) in [5.74, 6) is -1.04. The highest BCUT2D eigenvalue weighted by molar-refractivity contribution is 8.04. The number of anilines is 2. The third-order valence-corrected chi connectivity index (χ3v) is 17.7. The number of carbonyl (C=O) groups is 4. The van der Waals surface area contributed by atoms with E-state index in [-0.39, 0.29) is 35.3 Å². The lowest BCUT2D eigenvalue weighted by Crippen LogP contribution is -2.57. The maximum absolute atomic E-state index is 13.7. The standard InChI is InChI=1S/C27H24Cl2N2O4S2.C25H22Cl2N2O3S2/c1-17(32)35-23-15-27(19-8-13-36-16-19,18-2-5-21(6-3-18)31-9-11-34-12-10-31)30-26(33)25(23)37-24-14-20(28)4-7-22(24)29;26-18-3-6-20(27)22(13-18)34-23-21(30)14-25(28-24(23)31,17-7-12-33-15-17)16-1-4-19(5-2-16)29-8-10-32-11-9-29/h2-8,13-14,16H,9-12,15H2,1H3,(H,30,33);1-7,12-13,15,23H,8-11,14H2,(H,28,31). The van der Waals surface area contributed by atoms with E-state index in [0.29, 0.717) is 62.1 Å². The van der Waals surface area contributed by atoms with E-state index in [1.807, 2.05) is 57.9 Å². The molecule has 6 aromatic rings. The Kier molecular flexibility index (Phi) is 16.4. The van der Waals surface area contributed by atoms with Crippen LogP contribution < -0.4 is 20.4 Å². The van der Waals surface area contributed by atoms with Crippen LogP contribution in [0.3, 0.4) is 0 Å². The van der Waals surface area contributed by atoms with Gasteiger partial charge in [0.2, 0.25) is 5.91 Å². The number of hydrogen-bond acceptors (Lipinski definition) is 13. The summed E-state index contributed by atoms with van der Waals surface area (Å²) in [6, 6.07) is 30.3. The molecule has 4 aliphatic rings. The Morgan fingerprint density at radius 3 is 1.62 bits per heavy atom. The van der Waals surface area contributed by atoms with E-state index in [1.165, 1.54) is 18.3 Å². The number of halogens is 4. The molecule has 3 atom stereocenters. The topological polar surface area (TPSA) is 127 Å². The van der Waals surface area contributed by atoms with Crippen molar-refractivity contribution in [2.75, 3.05) is 62.4 Å². The zero-order valence-corrected chi connectivity index (χ0v) is 44.4. The fourth-order valence-corrected chi connectivity index (χ4v) is 13.4. The van der Waals surface area contributed by atoms with Crippen molar-refractivity contribution in [3.8, 4) is 0 Å². The number of thioether (sulfide) groups is 2. The Hall–Kier alpha value is -4.52. The van der Waals surface area contributed by atoms with Gasteiger partial charge in [-0.3, -0.25) is 19.2 Å². The number of piperidine rings is 1. The second-order valence-corrected chi connectivity index (χ2v) is 22.4. The predicted molar refractivity (Wildman–Crippen MR) is 287 cm³/mol. The molecule has 19 heteroatoms. The van der Waals surface area contributed by atoms with Crippen molar-refractivity contribution in [1.29, 1.82) is 0 Å². The maximum Gasteiger partial charge on any atom is 0.307 e. The number of carbonyl (C=O) groups excluding carboxylic acids is 4. The lowest BCUT2D eigenvalue weighted by molar-refractivity contribution is -0.138. The Morgan fingerprint density at radius 2 is 1.14 bits per heavy atom. The van der Waals surface area contributed by atoms with Crippen molar-refractivity contribution < 1.29 is 33.4 Å². The first-order chi connectivity index (χ1) is 34.3. The van der Waals surface area contributed by atoms with Crippen LogP contribution >= 0.6 is 92.6 Å². The van der Waals surface area contributed by atoms with Crippen molar-refractivity contribution >= 4 is 128 Å². The molecule has 3 fully saturated rings. The van der Waals surface area contributed by atoms with Crippen LogP contribution in [0.15, 0.2) is 139 Å². The zero-order chi connectivity index (χ0) is 49.7. The minimum atomic E-state index is -0.910. The molecule has 4 aliphatic heterocycles. The molecular formula is C52H46Cl4N4O7S4. The summed E-state index contributed by atoms with van der Waals surface area (Å²) in [5.41, 5.74) is 3.98. The van der Waals surface area contributed by atoms with E-state index >= 15 is 0 Å². The smallest absolute Gasteiger partial charge is 0.307 e. The first-order valence-electron chi connectivity index (χ1n) is 22.6. The van der Waals surface area contributed by atoms with Gasteiger partial charge in [-0.25, -0.2) is 0 Å². The van der Waals surface area contributed by atoms with E-state index in [9.17, 15) is 19.2 Å². The summed E-state index contributed by atoms with van der Waals surface area (Å²) < 4.78 is 16.6. The number of hydrogen-bond donors (Lipinski definition) is 2. The van der Waals surface area contributed by atoms with E-state index in [4.69, 9.17) is 60.6 Å². The molecule has 4 aromatic carbocycles. The quantitative estimate of drug-likeness (QED) is 0.0951. The Balaban J connectivity index is 0.000000176. The van der Waals surface area contributed by atoms with Crippen LogP contribution in [0.5, 0.6) is 0 Å². The summed E-state index contributed by atoms with van der Waals surface area (Å²) in [6.45, 7) is 7.49. The van der Waals surface area contributed by atoms with Gasteiger partial charge in [0.05, 0.1) is 47.6 Å². The molecule has 71 heavy (non-hydrogen) atoms. The number of esters is 1. The summed E-state index contributed by atoms with van der Waals surface area (Å²) in [4.78, 5) is 58.7. The number of nitrogens with one attached hydrogen (secondary N) is 2. The average molecular weight is 1110 g/mol. The molecule has 0 aliphatic carbocycles. The van der Waals surface area contributed by atoms with Gasteiger partial charge in [-0.2, -0.15) is 22.7 Å². The number of benzene rings is 4. The number of ketones is 1. The van der Waals surface area contributed by atoms with Crippen molar-refractivity contribution in [3.05, 3.63) is 172 Å². The van der Waals surface area contributed by atoms with E-state index in [0.717, 1.165) is 83.3 Å². The second kappa shape index (κ2) is 22.7. The monoisotopic (exact) mass is 1110 g/mol. The van der Waals surface area contributed by atoms with E-state index in [2.05, 4.69) is 44.7 Å². The molecule has 0 spiro atoms. The van der Waals surface area contributed by atoms with Gasteiger partial charge < -0.3 is 34.6 Å². The number of Topliss-reactive ketones (excluding diaryl/α,β-unsaturated/α-hetero) is 1. The van der Waals surface area contributed by atoms with E-state index in [1.54, 1.807) is 47.7 Å². The minimum Gasteiger partial charge on any atom is -0.430 e. The minimum absolute atomic E-state index is 0.145. The largest absolute Gasteiger partial charge is 0.430 e. The highest BCUT2D eigenvalue weighted by Crippen LogP contribution is 2.47. The number of amides is 2. The molecular weight excluding hydrogens is 1060 g/mol. The third-order valence-electron chi connectivity index (χ3n) is 12.5. The lowest BCUT2D eigenvalue weighted by Gasteiger charge is -2.40. The molecule has 11 nitrogen and oxygen atoms in total. The van der Waals surface area contributed by atoms with Crippen LogP contribution in [0.4, 0.5) is 11.4 Å². The molecule has 2 amide bonds. The van der Waals surface area contributed by atoms with Gasteiger partial charge in [-0.15, -0.1) is 11.8 Å². The van der Waals surface area contributed by atoms with Gasteiger partial charge in [0, 0.05) is 77.2 Å². The fraction of sp³-hybridized carbons (Fsp3) is 0.269. The van der Waals surface area contributed by atoms with Crippen LogP contribution in [-0.2, 0) is 44.5 Å². The van der Waals surface area contributed by atoms with Gasteiger partial charge in [0.25, 0.3) is 5.91 Å². The molecule has 3 unspecified atom stereocenters. The Bertz CT molecular complexity index is 2910. The van der Waals surface area contributed by atoms with Gasteiger partial charge >= 0.3 is 5.97 Å². The molecule has 0 radical (unpaired) electrons. The number of rotatable bonds is 11. The molecule has 3 saturated heterocycles. The van der Waals surface area contributed by atoms with E-state index < -0.39 is 22.3 Å². The normalized spacial score (nSPS) is 21.5. The van der Waals surface area contributed by atoms with Gasteiger partial charge in [0.1, 0.15) is 15.9 Å². The van der Waals surface area contributed by atoms with Crippen LogP contribution in [0.25, 0.3) is 0 Å². The van der Waals surface area contributed by atoms with Crippen molar-refractivity contribution in [2.24, 2.45) is 0 Å². The van der Waals surface area contributed by atoms with Crippen molar-refractivity contribution in [2.45, 2.75) is 45.9 Å². The first-order valence-corrected chi connectivity index (χ1v) is 27.7. The molecule has 368 valence electrons. The molecule has 0 saturated carbocycles. The molecule has 2 aromatic heterocycles. The summed E-state index contributed by atoms with van der Waals surface area (Å²) in [5, 5.41) is 15.4. The van der Waals surface area contributed by atoms with Crippen LogP contribution in [0, 0.1) is 0 Å². The molecule has 0 bridgehead atoms. The Labute approximate surface area is 448 Å².